The summed E-state index contributed by atoms with van der Waals surface area (Å²) in [6, 6.07) is 20.9. The molecule has 0 aromatic heterocycles. The van der Waals surface area contributed by atoms with Crippen molar-refractivity contribution < 1.29 is 0 Å². The molecule has 2 aromatic carbocycles. The molecule has 1 radical (unpaired) electrons. The number of hydrogen-bond donors (Lipinski definition) is 0. The Morgan fingerprint density at radius 1 is 0.762 bits per heavy atom. The van der Waals surface area contributed by atoms with Crippen LogP contribution in [0.4, 0.5) is 0 Å². The van der Waals surface area contributed by atoms with Gasteiger partial charge in [-0.05, 0) is 17.5 Å². The lowest BCUT2D eigenvalue weighted by Crippen LogP contribution is -1.89. The average Bonchev–Trinajstić information content (AvgIpc) is 2.56. The van der Waals surface area contributed by atoms with Crippen molar-refractivity contribution in [2.75, 3.05) is 0 Å². The lowest BCUT2D eigenvalue weighted by molar-refractivity contribution is 0.769. The van der Waals surface area contributed by atoms with Gasteiger partial charge in [0.1, 0.15) is 0 Å². The second kappa shape index (κ2) is 8.97. The fraction of sp³-hybridized carbons (Fsp3) is 0.190. The van der Waals surface area contributed by atoms with Crippen molar-refractivity contribution in [2.45, 2.75) is 26.2 Å². The van der Waals surface area contributed by atoms with Crippen LogP contribution in [0.25, 0.3) is 12.2 Å². The van der Waals surface area contributed by atoms with E-state index in [-0.39, 0.29) is 0 Å². The molecule has 0 aliphatic carbocycles. The number of unbranched alkanes of at least 4 members (excludes halogenated alkanes) is 1. The summed E-state index contributed by atoms with van der Waals surface area (Å²) >= 11 is 0. The van der Waals surface area contributed by atoms with E-state index in [0.29, 0.717) is 0 Å². The molecule has 0 aliphatic heterocycles. The molecule has 0 N–H and O–H groups in total. The van der Waals surface area contributed by atoms with Gasteiger partial charge in [0.2, 0.25) is 0 Å². The Morgan fingerprint density at radius 2 is 1.24 bits per heavy atom. The second-order valence-corrected chi connectivity index (χ2v) is 5.17. The minimum absolute atomic E-state index is 1.13. The van der Waals surface area contributed by atoms with E-state index in [1.54, 1.807) is 0 Å². The van der Waals surface area contributed by atoms with Gasteiger partial charge in [-0.2, -0.15) is 0 Å². The zero-order valence-corrected chi connectivity index (χ0v) is 12.7. The van der Waals surface area contributed by atoms with Crippen LogP contribution in [0.2, 0.25) is 0 Å². The molecule has 2 rings (SSSR count). The molecule has 0 amide bonds. The summed E-state index contributed by atoms with van der Waals surface area (Å²) in [4.78, 5) is 0. The Kier molecular flexibility index (Phi) is 6.54. The predicted octanol–water partition coefficient (Wildman–Crippen LogP) is 6.18. The number of benzene rings is 2. The lowest BCUT2D eigenvalue weighted by Gasteiger charge is -2.06. The maximum absolute atomic E-state index is 2.24. The highest BCUT2D eigenvalue weighted by molar-refractivity contribution is 5.57. The summed E-state index contributed by atoms with van der Waals surface area (Å²) in [6.45, 7) is 2.24. The van der Waals surface area contributed by atoms with Crippen LogP contribution >= 0.6 is 0 Å². The van der Waals surface area contributed by atoms with Crippen LogP contribution in [0, 0.1) is 5.92 Å². The van der Waals surface area contributed by atoms with Crippen molar-refractivity contribution >= 4 is 12.2 Å². The van der Waals surface area contributed by atoms with Gasteiger partial charge in [0, 0.05) is 5.92 Å². The first-order valence-corrected chi connectivity index (χ1v) is 7.70. The van der Waals surface area contributed by atoms with E-state index in [4.69, 9.17) is 0 Å². The summed E-state index contributed by atoms with van der Waals surface area (Å²) in [5.74, 6) is 1.38. The molecule has 0 saturated heterocycles. The van der Waals surface area contributed by atoms with E-state index in [2.05, 4.69) is 79.8 Å². The van der Waals surface area contributed by atoms with E-state index in [9.17, 15) is 0 Å². The quantitative estimate of drug-likeness (QED) is 0.566. The fourth-order valence-corrected chi connectivity index (χ4v) is 2.14. The van der Waals surface area contributed by atoms with E-state index in [0.717, 1.165) is 6.42 Å². The molecular weight excluding hydrogens is 252 g/mol. The number of allylic oxidation sites excluding steroid dienone is 2. The monoisotopic (exact) mass is 275 g/mol. The Hall–Kier alpha value is -2.08. The SMILES string of the molecule is CCCC[C](/C=C/c1ccccc1)/C=C/c1ccccc1. The Balaban J connectivity index is 2.04. The Labute approximate surface area is 128 Å². The van der Waals surface area contributed by atoms with E-state index in [1.165, 1.54) is 29.9 Å². The van der Waals surface area contributed by atoms with Crippen LogP contribution in [0.1, 0.15) is 37.3 Å². The highest BCUT2D eigenvalue weighted by Crippen LogP contribution is 2.18. The van der Waals surface area contributed by atoms with Crippen molar-refractivity contribution in [1.82, 2.24) is 0 Å². The molecule has 0 nitrogen and oxygen atoms in total. The third kappa shape index (κ3) is 5.83. The van der Waals surface area contributed by atoms with Gasteiger partial charge in [0.15, 0.2) is 0 Å². The lowest BCUT2D eigenvalue weighted by atomic mass is 9.99. The molecular formula is C21H23. The van der Waals surface area contributed by atoms with Crippen molar-refractivity contribution in [3.05, 3.63) is 89.9 Å². The minimum atomic E-state index is 1.13. The first-order valence-electron chi connectivity index (χ1n) is 7.70. The largest absolute Gasteiger partial charge is 0.0728 e. The van der Waals surface area contributed by atoms with Crippen LogP contribution in [-0.2, 0) is 0 Å². The van der Waals surface area contributed by atoms with Gasteiger partial charge in [-0.3, -0.25) is 0 Å². The zero-order valence-electron chi connectivity index (χ0n) is 12.7. The van der Waals surface area contributed by atoms with E-state index >= 15 is 0 Å². The van der Waals surface area contributed by atoms with Gasteiger partial charge >= 0.3 is 0 Å². The Bertz CT molecular complexity index is 500. The van der Waals surface area contributed by atoms with Crippen LogP contribution in [0.3, 0.4) is 0 Å². The molecule has 0 spiro atoms. The van der Waals surface area contributed by atoms with Crippen molar-refractivity contribution in [2.24, 2.45) is 0 Å². The summed E-state index contributed by atoms with van der Waals surface area (Å²) in [5.41, 5.74) is 2.50. The standard InChI is InChI=1S/C21H23/c1-2-3-10-21(17-15-19-11-6-4-7-12-19)18-16-20-13-8-5-9-14-20/h4-9,11-18H,2-3,10H2,1H3/b17-15+,18-16+. The number of hydrogen-bond acceptors (Lipinski definition) is 0. The van der Waals surface area contributed by atoms with Gasteiger partial charge < -0.3 is 0 Å². The van der Waals surface area contributed by atoms with Gasteiger partial charge in [-0.15, -0.1) is 0 Å². The number of rotatable bonds is 7. The topological polar surface area (TPSA) is 0 Å². The van der Waals surface area contributed by atoms with Gasteiger partial charge in [0.25, 0.3) is 0 Å². The van der Waals surface area contributed by atoms with Crippen LogP contribution in [-0.4, -0.2) is 0 Å². The van der Waals surface area contributed by atoms with Crippen LogP contribution in [0.15, 0.2) is 72.8 Å². The van der Waals surface area contributed by atoms with Gasteiger partial charge in [-0.25, -0.2) is 0 Å². The van der Waals surface area contributed by atoms with E-state index < -0.39 is 0 Å². The van der Waals surface area contributed by atoms with E-state index in [1.807, 2.05) is 12.1 Å². The third-order valence-corrected chi connectivity index (χ3v) is 3.40. The first-order chi connectivity index (χ1) is 10.4. The first kappa shape index (κ1) is 15.3. The normalized spacial score (nSPS) is 11.7. The van der Waals surface area contributed by atoms with Crippen molar-refractivity contribution in [3.8, 4) is 0 Å². The summed E-state index contributed by atoms with van der Waals surface area (Å²) in [5, 5.41) is 0. The molecule has 0 fully saturated rings. The molecule has 2 aromatic rings. The molecule has 0 unspecified atom stereocenters. The highest BCUT2D eigenvalue weighted by atomic mass is 14.0. The smallest absolute Gasteiger partial charge is 0.0194 e. The van der Waals surface area contributed by atoms with Crippen LogP contribution in [0.5, 0.6) is 0 Å². The molecule has 0 heteroatoms. The second-order valence-electron chi connectivity index (χ2n) is 5.17. The van der Waals surface area contributed by atoms with Gasteiger partial charge in [0.05, 0.1) is 0 Å². The summed E-state index contributed by atoms with van der Waals surface area (Å²) in [6.07, 6.45) is 12.5. The molecule has 0 bridgehead atoms. The maximum atomic E-state index is 2.24. The Morgan fingerprint density at radius 3 is 1.67 bits per heavy atom. The van der Waals surface area contributed by atoms with Crippen molar-refractivity contribution in [3.63, 3.8) is 0 Å². The predicted molar refractivity (Wildman–Crippen MR) is 93.7 cm³/mol. The minimum Gasteiger partial charge on any atom is -0.0728 e. The molecule has 0 heterocycles. The third-order valence-electron chi connectivity index (χ3n) is 3.40. The molecule has 0 atom stereocenters. The summed E-state index contributed by atoms with van der Waals surface area (Å²) in [7, 11) is 0. The maximum Gasteiger partial charge on any atom is 0.0194 e. The molecule has 0 aliphatic rings. The fourth-order valence-electron chi connectivity index (χ4n) is 2.14. The molecule has 21 heavy (non-hydrogen) atoms. The summed E-state index contributed by atoms with van der Waals surface area (Å²) < 4.78 is 0. The molecule has 107 valence electrons. The van der Waals surface area contributed by atoms with Crippen LogP contribution < -0.4 is 0 Å². The zero-order chi connectivity index (χ0) is 14.8. The molecule has 0 saturated carbocycles. The van der Waals surface area contributed by atoms with Gasteiger partial charge in [-0.1, -0.05) is 105 Å². The van der Waals surface area contributed by atoms with Crippen molar-refractivity contribution in [1.29, 1.82) is 0 Å². The highest BCUT2D eigenvalue weighted by Gasteiger charge is 2.00. The average molecular weight is 275 g/mol.